The minimum Gasteiger partial charge on any atom is -0.507 e. The van der Waals surface area contributed by atoms with Crippen LogP contribution in [-0.4, -0.2) is 10.9 Å². The third-order valence-corrected chi connectivity index (χ3v) is 2.91. The number of hydrogen-bond acceptors (Lipinski definition) is 2. The molecule has 0 aliphatic rings. The van der Waals surface area contributed by atoms with E-state index in [0.29, 0.717) is 10.0 Å². The van der Waals surface area contributed by atoms with Crippen LogP contribution in [0.5, 0.6) is 5.75 Å². The second-order valence-corrected chi connectivity index (χ2v) is 5.62. The van der Waals surface area contributed by atoms with Crippen molar-refractivity contribution in [3.8, 4) is 5.75 Å². The number of ketones is 1. The highest BCUT2D eigenvalue weighted by Gasteiger charge is 2.25. The number of rotatable bonds is 1. The molecule has 2 nitrogen and oxygen atoms in total. The van der Waals surface area contributed by atoms with Crippen LogP contribution < -0.4 is 0 Å². The van der Waals surface area contributed by atoms with Crippen LogP contribution in [0.1, 0.15) is 31.1 Å². The van der Waals surface area contributed by atoms with Crippen molar-refractivity contribution in [2.75, 3.05) is 0 Å². The van der Waals surface area contributed by atoms with Gasteiger partial charge in [0.1, 0.15) is 5.75 Å². The van der Waals surface area contributed by atoms with Gasteiger partial charge < -0.3 is 5.11 Å². The summed E-state index contributed by atoms with van der Waals surface area (Å²) < 4.78 is 0.472. The number of halogens is 2. The Morgan fingerprint density at radius 3 is 2.40 bits per heavy atom. The predicted octanol–water partition coefficient (Wildman–Crippen LogP) is 4.04. The summed E-state index contributed by atoms with van der Waals surface area (Å²) in [6.07, 6.45) is 0. The van der Waals surface area contributed by atoms with Gasteiger partial charge in [0.05, 0.1) is 9.50 Å². The van der Waals surface area contributed by atoms with Gasteiger partial charge in [0, 0.05) is 17.0 Å². The largest absolute Gasteiger partial charge is 0.507 e. The Hall–Kier alpha value is -0.540. The summed E-state index contributed by atoms with van der Waals surface area (Å²) in [5, 5.41) is 9.64. The van der Waals surface area contributed by atoms with Crippen molar-refractivity contribution in [1.29, 1.82) is 0 Å². The molecule has 0 atom stereocenters. The molecular weight excluding hydrogens is 279 g/mol. The topological polar surface area (TPSA) is 37.3 Å². The SMILES string of the molecule is CC(C)(C)C(=O)c1cc(Br)c(O)cc1Cl. The van der Waals surface area contributed by atoms with Crippen molar-refractivity contribution in [1.82, 2.24) is 0 Å². The number of phenolic OH excluding ortho intramolecular Hbond substituents is 1. The van der Waals surface area contributed by atoms with Crippen molar-refractivity contribution in [3.05, 3.63) is 27.2 Å². The fourth-order valence-electron chi connectivity index (χ4n) is 1.11. The summed E-state index contributed by atoms with van der Waals surface area (Å²) in [4.78, 5) is 12.0. The van der Waals surface area contributed by atoms with Gasteiger partial charge >= 0.3 is 0 Å². The lowest BCUT2D eigenvalue weighted by molar-refractivity contribution is 0.0858. The maximum absolute atomic E-state index is 12.0. The van der Waals surface area contributed by atoms with E-state index in [-0.39, 0.29) is 16.6 Å². The molecule has 0 amide bonds. The minimum absolute atomic E-state index is 0.0328. The van der Waals surface area contributed by atoms with Gasteiger partial charge in [-0.25, -0.2) is 0 Å². The molecule has 1 aromatic carbocycles. The molecule has 0 unspecified atom stereocenters. The molecule has 0 spiro atoms. The summed E-state index contributed by atoms with van der Waals surface area (Å²) in [5.41, 5.74) is -0.0612. The van der Waals surface area contributed by atoms with Gasteiger partial charge in [-0.1, -0.05) is 32.4 Å². The molecule has 1 aromatic rings. The quantitative estimate of drug-likeness (QED) is 0.793. The van der Waals surface area contributed by atoms with E-state index in [9.17, 15) is 9.90 Å². The Balaban J connectivity index is 3.28. The highest BCUT2D eigenvalue weighted by molar-refractivity contribution is 9.10. The van der Waals surface area contributed by atoms with Crippen LogP contribution >= 0.6 is 27.5 Å². The van der Waals surface area contributed by atoms with E-state index >= 15 is 0 Å². The molecule has 0 heterocycles. The highest BCUT2D eigenvalue weighted by Crippen LogP contribution is 2.33. The third kappa shape index (κ3) is 2.73. The fourth-order valence-corrected chi connectivity index (χ4v) is 1.70. The van der Waals surface area contributed by atoms with E-state index in [4.69, 9.17) is 11.6 Å². The number of Topliss-reactive ketones (excluding diaryl/α,β-unsaturated/α-hetero) is 1. The van der Waals surface area contributed by atoms with Gasteiger partial charge in [0.15, 0.2) is 5.78 Å². The molecule has 0 aromatic heterocycles. The number of aromatic hydroxyl groups is 1. The van der Waals surface area contributed by atoms with Gasteiger partial charge in [-0.15, -0.1) is 0 Å². The summed E-state index contributed by atoms with van der Waals surface area (Å²) in [5.74, 6) is -0.0151. The zero-order chi connectivity index (χ0) is 11.8. The number of phenols is 1. The second-order valence-electron chi connectivity index (χ2n) is 4.36. The average Bonchev–Trinajstić information content (AvgIpc) is 2.08. The highest BCUT2D eigenvalue weighted by atomic mass is 79.9. The lowest BCUT2D eigenvalue weighted by Gasteiger charge is -2.17. The Morgan fingerprint density at radius 2 is 1.93 bits per heavy atom. The lowest BCUT2D eigenvalue weighted by atomic mass is 9.86. The first-order chi connectivity index (χ1) is 6.73. The standard InChI is InChI=1S/C11H12BrClO2/c1-11(2,3)10(15)6-4-7(12)9(14)5-8(6)13/h4-5,14H,1-3H3. The van der Waals surface area contributed by atoms with Crippen molar-refractivity contribution >= 4 is 33.3 Å². The van der Waals surface area contributed by atoms with Crippen LogP contribution in [-0.2, 0) is 0 Å². The number of carbonyl (C=O) groups excluding carboxylic acids is 1. The maximum Gasteiger partial charge on any atom is 0.169 e. The van der Waals surface area contributed by atoms with Crippen molar-refractivity contribution in [2.24, 2.45) is 5.41 Å². The van der Waals surface area contributed by atoms with E-state index in [1.54, 1.807) is 6.07 Å². The maximum atomic E-state index is 12.0. The third-order valence-electron chi connectivity index (χ3n) is 1.96. The summed E-state index contributed by atoms with van der Waals surface area (Å²) in [6.45, 7) is 5.48. The molecule has 0 saturated heterocycles. The zero-order valence-corrected chi connectivity index (χ0v) is 11.1. The number of carbonyl (C=O) groups is 1. The molecule has 0 aliphatic heterocycles. The molecule has 15 heavy (non-hydrogen) atoms. The molecule has 1 rings (SSSR count). The van der Waals surface area contributed by atoms with Gasteiger partial charge in [-0.3, -0.25) is 4.79 Å². The first-order valence-corrected chi connectivity index (χ1v) is 5.63. The van der Waals surface area contributed by atoms with Crippen LogP contribution in [0, 0.1) is 5.41 Å². The van der Waals surface area contributed by atoms with E-state index in [1.165, 1.54) is 6.07 Å². The van der Waals surface area contributed by atoms with Crippen molar-refractivity contribution < 1.29 is 9.90 Å². The van der Waals surface area contributed by atoms with E-state index in [2.05, 4.69) is 15.9 Å². The monoisotopic (exact) mass is 290 g/mol. The second kappa shape index (κ2) is 4.14. The molecule has 0 aliphatic carbocycles. The van der Waals surface area contributed by atoms with Crippen LogP contribution in [0.3, 0.4) is 0 Å². The number of hydrogen-bond donors (Lipinski definition) is 1. The van der Waals surface area contributed by atoms with Crippen molar-refractivity contribution in [2.45, 2.75) is 20.8 Å². The van der Waals surface area contributed by atoms with Gasteiger partial charge in [0.25, 0.3) is 0 Å². The van der Waals surface area contributed by atoms with E-state index in [0.717, 1.165) is 0 Å². The molecule has 0 fully saturated rings. The first-order valence-electron chi connectivity index (χ1n) is 4.46. The Bertz CT molecular complexity index is 408. The molecule has 4 heteroatoms. The first kappa shape index (κ1) is 12.5. The molecule has 0 bridgehead atoms. The summed E-state index contributed by atoms with van der Waals surface area (Å²) in [7, 11) is 0. The predicted molar refractivity (Wildman–Crippen MR) is 64.6 cm³/mol. The zero-order valence-electron chi connectivity index (χ0n) is 8.77. The van der Waals surface area contributed by atoms with Crippen LogP contribution in [0.15, 0.2) is 16.6 Å². The van der Waals surface area contributed by atoms with Gasteiger partial charge in [-0.05, 0) is 22.0 Å². The van der Waals surface area contributed by atoms with E-state index in [1.807, 2.05) is 20.8 Å². The molecule has 0 radical (unpaired) electrons. The lowest BCUT2D eigenvalue weighted by Crippen LogP contribution is -2.20. The average molecular weight is 292 g/mol. The normalized spacial score (nSPS) is 11.5. The van der Waals surface area contributed by atoms with Crippen molar-refractivity contribution in [3.63, 3.8) is 0 Å². The molecular formula is C11H12BrClO2. The molecule has 0 saturated carbocycles. The Morgan fingerprint density at radius 1 is 1.40 bits per heavy atom. The van der Waals surface area contributed by atoms with Crippen LogP contribution in [0.4, 0.5) is 0 Å². The van der Waals surface area contributed by atoms with E-state index < -0.39 is 5.41 Å². The van der Waals surface area contributed by atoms with Crippen LogP contribution in [0.2, 0.25) is 5.02 Å². The smallest absolute Gasteiger partial charge is 0.169 e. The van der Waals surface area contributed by atoms with Gasteiger partial charge in [0.2, 0.25) is 0 Å². The van der Waals surface area contributed by atoms with Gasteiger partial charge in [-0.2, -0.15) is 0 Å². The molecule has 1 N–H and O–H groups in total. The molecule has 82 valence electrons. The number of benzene rings is 1. The Kier molecular flexibility index (Phi) is 3.46. The fraction of sp³-hybridized carbons (Fsp3) is 0.364. The summed E-state index contributed by atoms with van der Waals surface area (Å²) >= 11 is 9.06. The minimum atomic E-state index is -0.486. The Labute approximate surface area is 102 Å². The van der Waals surface area contributed by atoms with Crippen LogP contribution in [0.25, 0.3) is 0 Å². The summed E-state index contributed by atoms with van der Waals surface area (Å²) in [6, 6.07) is 2.91.